The summed E-state index contributed by atoms with van der Waals surface area (Å²) in [5.41, 5.74) is 0.0526. The van der Waals surface area contributed by atoms with E-state index in [-0.39, 0.29) is 6.42 Å². The van der Waals surface area contributed by atoms with Crippen molar-refractivity contribution >= 4 is 59.3 Å². The molecular formula is C46H69N7O15. The lowest BCUT2D eigenvalue weighted by atomic mass is 9.95. The van der Waals surface area contributed by atoms with E-state index in [1.54, 1.807) is 58.0 Å². The molecule has 0 unspecified atom stereocenters. The molecule has 1 heterocycles. The molecule has 1 fully saturated rings. The zero-order chi connectivity index (χ0) is 52.1. The van der Waals surface area contributed by atoms with Gasteiger partial charge in [0, 0.05) is 48.5 Å². The van der Waals surface area contributed by atoms with Crippen LogP contribution in [-0.2, 0) is 73.3 Å². The Labute approximate surface area is 397 Å². The average molecular weight is 960 g/mol. The Morgan fingerprint density at radius 3 is 1.91 bits per heavy atom. The number of carbonyl (C=O) groups is 10. The van der Waals surface area contributed by atoms with Crippen molar-refractivity contribution in [2.45, 2.75) is 142 Å². The number of carbonyl (C=O) groups excluding carboxylic acids is 10. The van der Waals surface area contributed by atoms with Crippen molar-refractivity contribution in [3.63, 3.8) is 0 Å². The summed E-state index contributed by atoms with van der Waals surface area (Å²) < 4.78 is 22.9. The summed E-state index contributed by atoms with van der Waals surface area (Å²) in [6.45, 7) is 17.5. The second kappa shape index (κ2) is 25.6. The molecule has 5 N–H and O–H groups in total. The van der Waals surface area contributed by atoms with Gasteiger partial charge in [0.25, 0.3) is 11.8 Å². The van der Waals surface area contributed by atoms with Crippen LogP contribution in [0.2, 0.25) is 0 Å². The lowest BCUT2D eigenvalue weighted by molar-refractivity contribution is -0.174. The number of aliphatic hydroxyl groups excluding tert-OH is 1. The topological polar surface area (TPSA) is 286 Å². The molecule has 1 aromatic carbocycles. The number of nitrogens with zero attached hydrogens (tertiary/aromatic N) is 3. The van der Waals surface area contributed by atoms with Gasteiger partial charge in [-0.05, 0) is 45.1 Å². The number of hydrogen-bond donors (Lipinski definition) is 5. The average Bonchev–Trinajstić information content (AvgIpc) is 3.27. The first-order valence-corrected chi connectivity index (χ1v) is 22.1. The molecule has 22 heteroatoms. The minimum absolute atomic E-state index is 0.231. The lowest BCUT2D eigenvalue weighted by Crippen LogP contribution is -2.63. The van der Waals surface area contributed by atoms with Gasteiger partial charge in [-0.25, -0.2) is 14.4 Å². The number of hydrogen-bond acceptors (Lipinski definition) is 15. The molecule has 1 aliphatic rings. The number of methoxy groups -OCH3 is 1. The van der Waals surface area contributed by atoms with E-state index in [9.17, 15) is 53.1 Å². The lowest BCUT2D eigenvalue weighted by Gasteiger charge is -2.38. The summed E-state index contributed by atoms with van der Waals surface area (Å²) in [5, 5.41) is 20.7. The second-order valence-corrected chi connectivity index (χ2v) is 17.5. The second-order valence-electron chi connectivity index (χ2n) is 17.5. The molecule has 68 heavy (non-hydrogen) atoms. The van der Waals surface area contributed by atoms with E-state index in [0.717, 1.165) is 28.5 Å². The molecule has 11 atom stereocenters. The normalized spacial score (nSPS) is 25.2. The Balaban J connectivity index is 2.89. The van der Waals surface area contributed by atoms with Crippen molar-refractivity contribution in [2.24, 2.45) is 11.8 Å². The Kier molecular flexibility index (Phi) is 21.8. The molecule has 0 spiro atoms. The summed E-state index contributed by atoms with van der Waals surface area (Å²) in [5.74, 6) is -11.2. The van der Waals surface area contributed by atoms with Crippen molar-refractivity contribution in [3.05, 3.63) is 48.2 Å². The summed E-state index contributed by atoms with van der Waals surface area (Å²) in [6, 6.07) is -1.31. The minimum Gasteiger partial charge on any atom is -0.458 e. The van der Waals surface area contributed by atoms with Gasteiger partial charge in [0.1, 0.15) is 36.0 Å². The number of amides is 7. The maximum absolute atomic E-state index is 14.9. The third-order valence-corrected chi connectivity index (χ3v) is 11.5. The SMILES string of the molecule is C=C1C(=O)N[C@H](C)C(=O)N(C)[C@@H](C)C(=O)N[C@@H]([C@H](OC(=O)[C@@H](NC(C)=O)[C@H](O)C(C)C)C(C)C)C(=O)N(C)[C@@H]([C@@H](C)OC)C(=O)O[C@H](C)[C@H](NC(C)=O)C(=O)O[C@H](Cc2ccccc2)C(=O)N1C. The molecule has 0 aromatic heterocycles. The fourth-order valence-electron chi connectivity index (χ4n) is 7.04. The first kappa shape index (κ1) is 57.7. The molecule has 1 aliphatic heterocycles. The van der Waals surface area contributed by atoms with E-state index < -0.39 is 144 Å². The highest BCUT2D eigenvalue weighted by Gasteiger charge is 2.46. The van der Waals surface area contributed by atoms with Gasteiger partial charge < -0.3 is 60.0 Å². The highest BCUT2D eigenvalue weighted by molar-refractivity contribution is 6.01. The summed E-state index contributed by atoms with van der Waals surface area (Å²) in [7, 11) is 4.83. The van der Waals surface area contributed by atoms with Gasteiger partial charge in [0.05, 0.1) is 12.2 Å². The first-order valence-electron chi connectivity index (χ1n) is 22.1. The fourth-order valence-corrected chi connectivity index (χ4v) is 7.04. The van der Waals surface area contributed by atoms with Crippen LogP contribution in [-0.4, -0.2) is 174 Å². The van der Waals surface area contributed by atoms with Crippen LogP contribution in [0.5, 0.6) is 0 Å². The van der Waals surface area contributed by atoms with Crippen molar-refractivity contribution in [2.75, 3.05) is 28.3 Å². The maximum Gasteiger partial charge on any atom is 0.333 e. The number of rotatable bonds is 12. The first-order chi connectivity index (χ1) is 31.6. The number of nitrogens with one attached hydrogen (secondary N) is 4. The molecule has 0 radical (unpaired) electrons. The summed E-state index contributed by atoms with van der Waals surface area (Å²) >= 11 is 0. The van der Waals surface area contributed by atoms with Gasteiger partial charge in [-0.3, -0.25) is 33.6 Å². The molecule has 0 saturated carbocycles. The molecule has 1 aromatic rings. The van der Waals surface area contributed by atoms with E-state index in [1.807, 2.05) is 0 Å². The van der Waals surface area contributed by atoms with Crippen molar-refractivity contribution in [1.29, 1.82) is 0 Å². The van der Waals surface area contributed by atoms with Crippen molar-refractivity contribution in [3.8, 4) is 0 Å². The minimum atomic E-state index is -1.86. The molecule has 0 bridgehead atoms. The van der Waals surface area contributed by atoms with Gasteiger partial charge in [-0.2, -0.15) is 0 Å². The van der Waals surface area contributed by atoms with Gasteiger partial charge in [-0.1, -0.05) is 64.6 Å². The predicted molar refractivity (Wildman–Crippen MR) is 243 cm³/mol. The third kappa shape index (κ3) is 15.3. The van der Waals surface area contributed by atoms with Crippen LogP contribution in [0.1, 0.15) is 74.8 Å². The van der Waals surface area contributed by atoms with Crippen LogP contribution < -0.4 is 21.3 Å². The van der Waals surface area contributed by atoms with Crippen LogP contribution >= 0.6 is 0 Å². The standard InChI is InChI=1S/C46H69N7O15/c1-22(2)37(56)34(49-30(11)55)45(63)68-38(23(3)4)35-43(61)53(14)36(28(9)65-15)46(64)66-27(8)33(48-29(10)54)44(62)67-32(21-31-19-17-16-18-20-31)42(60)52(13)25(6)39(57)47-24(5)41(59)51(12)26(7)40(58)50-35/h16-20,22-24,26-28,32-38,56H,6,21H2,1-5,7-15H3,(H,47,57)(H,48,54)(H,49,55)(H,50,58)/t24-,26+,27-,28-,32-,33+,34+,35+,36+,37-,38-/m1/s1. The third-order valence-electron chi connectivity index (χ3n) is 11.5. The van der Waals surface area contributed by atoms with E-state index in [1.165, 1.54) is 55.9 Å². The number of benzene rings is 1. The Hall–Kier alpha value is -6.42. The van der Waals surface area contributed by atoms with E-state index in [2.05, 4.69) is 27.8 Å². The zero-order valence-electron chi connectivity index (χ0n) is 41.3. The molecule has 0 aliphatic carbocycles. The van der Waals surface area contributed by atoms with Crippen LogP contribution in [0.4, 0.5) is 0 Å². The zero-order valence-corrected chi connectivity index (χ0v) is 41.3. The number of esters is 3. The van der Waals surface area contributed by atoms with E-state index in [0.29, 0.717) is 5.56 Å². The number of aliphatic hydroxyl groups is 1. The number of likely N-dealkylation sites (N-methyl/N-ethyl adjacent to an activating group) is 3. The Bertz CT molecular complexity index is 2030. The van der Waals surface area contributed by atoms with Gasteiger partial charge in [0.2, 0.25) is 29.5 Å². The predicted octanol–water partition coefficient (Wildman–Crippen LogP) is -0.649. The van der Waals surface area contributed by atoms with Crippen LogP contribution in [0.25, 0.3) is 0 Å². The fraction of sp³-hybridized carbons (Fsp3) is 0.609. The van der Waals surface area contributed by atoms with Gasteiger partial charge in [-0.15, -0.1) is 0 Å². The highest BCUT2D eigenvalue weighted by Crippen LogP contribution is 2.22. The van der Waals surface area contributed by atoms with Gasteiger partial charge >= 0.3 is 17.9 Å². The van der Waals surface area contributed by atoms with Crippen LogP contribution in [0, 0.1) is 11.8 Å². The summed E-state index contributed by atoms with van der Waals surface area (Å²) in [4.78, 5) is 140. The van der Waals surface area contributed by atoms with E-state index >= 15 is 0 Å². The molecule has 378 valence electrons. The highest BCUT2D eigenvalue weighted by atomic mass is 16.6. The number of ether oxygens (including phenoxy) is 4. The Morgan fingerprint density at radius 2 is 1.40 bits per heavy atom. The molecule has 7 amide bonds. The molecule has 2 rings (SSSR count). The molecule has 1 saturated heterocycles. The quantitative estimate of drug-likeness (QED) is 0.0989. The monoisotopic (exact) mass is 959 g/mol. The van der Waals surface area contributed by atoms with E-state index in [4.69, 9.17) is 18.9 Å². The Morgan fingerprint density at radius 1 is 0.809 bits per heavy atom. The van der Waals surface area contributed by atoms with Crippen molar-refractivity contribution < 1.29 is 72.0 Å². The van der Waals surface area contributed by atoms with Crippen LogP contribution in [0.3, 0.4) is 0 Å². The largest absolute Gasteiger partial charge is 0.458 e. The van der Waals surface area contributed by atoms with Gasteiger partial charge in [0.15, 0.2) is 24.2 Å². The summed E-state index contributed by atoms with van der Waals surface area (Å²) in [6.07, 6.45) is -7.68. The van der Waals surface area contributed by atoms with Crippen LogP contribution in [0.15, 0.2) is 42.6 Å². The van der Waals surface area contributed by atoms with Crippen molar-refractivity contribution in [1.82, 2.24) is 36.0 Å². The smallest absolute Gasteiger partial charge is 0.333 e. The molecule has 22 nitrogen and oxygen atoms in total. The maximum atomic E-state index is 14.9. The molecular weight excluding hydrogens is 891 g/mol. The number of cyclic esters (lactones) is 2.